The number of carbonyl (C=O) groups excluding carboxylic acids is 1. The number of hydrogen-bond acceptors (Lipinski definition) is 3. The van der Waals surface area contributed by atoms with Crippen molar-refractivity contribution < 1.29 is 4.79 Å². The van der Waals surface area contributed by atoms with Crippen molar-refractivity contribution in [3.05, 3.63) is 36.9 Å². The van der Waals surface area contributed by atoms with Crippen LogP contribution < -0.4 is 5.32 Å². The normalized spacial score (nSPS) is 10.7. The highest BCUT2D eigenvalue weighted by Crippen LogP contribution is 2.19. The van der Waals surface area contributed by atoms with Gasteiger partial charge in [-0.1, -0.05) is 26.0 Å². The molecule has 19 heavy (non-hydrogen) atoms. The summed E-state index contributed by atoms with van der Waals surface area (Å²) in [6.07, 6.45) is 4.50. The Kier molecular flexibility index (Phi) is 4.28. The van der Waals surface area contributed by atoms with Gasteiger partial charge < -0.3 is 5.32 Å². The fraction of sp³-hybridized carbons (Fsp3) is 0.357. The first kappa shape index (κ1) is 13.3. The number of anilines is 1. The van der Waals surface area contributed by atoms with Crippen LogP contribution in [0.2, 0.25) is 0 Å². The molecule has 1 aromatic carbocycles. The Bertz CT molecular complexity index is 534. The van der Waals surface area contributed by atoms with E-state index in [1.807, 2.05) is 24.3 Å². The molecule has 0 aliphatic heterocycles. The van der Waals surface area contributed by atoms with Gasteiger partial charge in [0.2, 0.25) is 5.91 Å². The van der Waals surface area contributed by atoms with Gasteiger partial charge in [0.15, 0.2) is 0 Å². The van der Waals surface area contributed by atoms with Crippen LogP contribution in [0.3, 0.4) is 0 Å². The summed E-state index contributed by atoms with van der Waals surface area (Å²) in [6.45, 7) is 4.22. The molecule has 1 N–H and O–H groups in total. The summed E-state index contributed by atoms with van der Waals surface area (Å²) in [7, 11) is 0. The summed E-state index contributed by atoms with van der Waals surface area (Å²) in [6, 6.07) is 7.55. The molecule has 0 unspecified atom stereocenters. The molecule has 2 rings (SSSR count). The minimum absolute atomic E-state index is 0.0289. The number of para-hydroxylation sites is 2. The quantitative estimate of drug-likeness (QED) is 0.896. The third kappa shape index (κ3) is 3.64. The van der Waals surface area contributed by atoms with Crippen molar-refractivity contribution in [1.29, 1.82) is 0 Å². The number of nitrogens with one attached hydrogen (secondary N) is 1. The summed E-state index contributed by atoms with van der Waals surface area (Å²) < 4.78 is 1.64. The molecule has 0 saturated carbocycles. The van der Waals surface area contributed by atoms with Crippen LogP contribution in [0, 0.1) is 5.92 Å². The fourth-order valence-corrected chi connectivity index (χ4v) is 1.74. The van der Waals surface area contributed by atoms with Crippen LogP contribution in [0.4, 0.5) is 5.69 Å². The highest BCUT2D eigenvalue weighted by Gasteiger charge is 2.08. The highest BCUT2D eigenvalue weighted by molar-refractivity contribution is 5.92. The summed E-state index contributed by atoms with van der Waals surface area (Å²) in [4.78, 5) is 15.8. The molecule has 0 aliphatic rings. The third-order valence-electron chi connectivity index (χ3n) is 2.79. The number of nitrogens with zero attached hydrogens (tertiary/aromatic N) is 3. The number of carbonyl (C=O) groups is 1. The van der Waals surface area contributed by atoms with Crippen LogP contribution in [0.25, 0.3) is 5.69 Å². The Balaban J connectivity index is 2.10. The minimum atomic E-state index is 0.0289. The van der Waals surface area contributed by atoms with Gasteiger partial charge >= 0.3 is 0 Å². The van der Waals surface area contributed by atoms with Gasteiger partial charge in [0.25, 0.3) is 0 Å². The monoisotopic (exact) mass is 258 g/mol. The highest BCUT2D eigenvalue weighted by atomic mass is 16.1. The summed E-state index contributed by atoms with van der Waals surface area (Å²) in [5, 5.41) is 7.01. The van der Waals surface area contributed by atoms with Crippen LogP contribution in [-0.4, -0.2) is 20.7 Å². The smallest absolute Gasteiger partial charge is 0.224 e. The lowest BCUT2D eigenvalue weighted by Crippen LogP contribution is -2.14. The maximum atomic E-state index is 11.9. The van der Waals surface area contributed by atoms with Gasteiger partial charge in [0, 0.05) is 6.42 Å². The van der Waals surface area contributed by atoms with Gasteiger partial charge in [0.1, 0.15) is 12.7 Å². The van der Waals surface area contributed by atoms with E-state index in [9.17, 15) is 4.79 Å². The van der Waals surface area contributed by atoms with Crippen molar-refractivity contribution in [2.45, 2.75) is 26.7 Å². The van der Waals surface area contributed by atoms with E-state index >= 15 is 0 Å². The van der Waals surface area contributed by atoms with E-state index < -0.39 is 0 Å². The van der Waals surface area contributed by atoms with Crippen LogP contribution >= 0.6 is 0 Å². The predicted octanol–water partition coefficient (Wildman–Crippen LogP) is 2.64. The van der Waals surface area contributed by atoms with Crippen molar-refractivity contribution >= 4 is 11.6 Å². The molecule has 1 heterocycles. The molecular weight excluding hydrogens is 240 g/mol. The standard InChI is InChI=1S/C14H18N4O/c1-11(2)7-8-14(19)17-12-5-3-4-6-13(12)18-10-15-9-16-18/h3-6,9-11H,7-8H2,1-2H3,(H,17,19). The van der Waals surface area contributed by atoms with E-state index in [0.717, 1.165) is 17.8 Å². The lowest BCUT2D eigenvalue weighted by molar-refractivity contribution is -0.116. The second-order valence-electron chi connectivity index (χ2n) is 4.84. The summed E-state index contributed by atoms with van der Waals surface area (Å²) in [5.74, 6) is 0.553. The third-order valence-corrected chi connectivity index (χ3v) is 2.79. The predicted molar refractivity (Wildman–Crippen MR) is 74.1 cm³/mol. The number of rotatable bonds is 5. The number of amides is 1. The Morgan fingerprint density at radius 2 is 2.16 bits per heavy atom. The van der Waals surface area contributed by atoms with Gasteiger partial charge in [-0.15, -0.1) is 0 Å². The Morgan fingerprint density at radius 3 is 2.84 bits per heavy atom. The summed E-state index contributed by atoms with van der Waals surface area (Å²) >= 11 is 0. The molecule has 0 aliphatic carbocycles. The first-order valence-corrected chi connectivity index (χ1v) is 6.40. The van der Waals surface area contributed by atoms with Gasteiger partial charge in [-0.2, -0.15) is 5.10 Å². The van der Waals surface area contributed by atoms with Crippen LogP contribution in [0.1, 0.15) is 26.7 Å². The molecule has 1 amide bonds. The fourth-order valence-electron chi connectivity index (χ4n) is 1.74. The zero-order chi connectivity index (χ0) is 13.7. The number of aromatic nitrogens is 3. The van der Waals surface area contributed by atoms with E-state index in [1.54, 1.807) is 11.0 Å². The minimum Gasteiger partial charge on any atom is -0.324 e. The first-order valence-electron chi connectivity index (χ1n) is 6.40. The molecular formula is C14H18N4O. The Hall–Kier alpha value is -2.17. The molecule has 100 valence electrons. The van der Waals surface area contributed by atoms with Crippen molar-refractivity contribution in [3.8, 4) is 5.69 Å². The molecule has 0 atom stereocenters. The second kappa shape index (κ2) is 6.13. The molecule has 0 spiro atoms. The SMILES string of the molecule is CC(C)CCC(=O)Nc1ccccc1-n1cncn1. The molecule has 0 bridgehead atoms. The molecule has 5 nitrogen and oxygen atoms in total. The Labute approximate surface area is 112 Å². The van der Waals surface area contributed by atoms with Crippen molar-refractivity contribution in [2.75, 3.05) is 5.32 Å². The van der Waals surface area contributed by atoms with Gasteiger partial charge in [-0.3, -0.25) is 4.79 Å². The maximum absolute atomic E-state index is 11.9. The average Bonchev–Trinajstić information content (AvgIpc) is 2.91. The van der Waals surface area contributed by atoms with Gasteiger partial charge in [0.05, 0.1) is 11.4 Å². The number of hydrogen-bond donors (Lipinski definition) is 1. The van der Waals surface area contributed by atoms with E-state index in [4.69, 9.17) is 0 Å². The topological polar surface area (TPSA) is 59.8 Å². The van der Waals surface area contributed by atoms with E-state index in [2.05, 4.69) is 29.2 Å². The van der Waals surface area contributed by atoms with E-state index in [1.165, 1.54) is 6.33 Å². The zero-order valence-electron chi connectivity index (χ0n) is 11.2. The average molecular weight is 258 g/mol. The van der Waals surface area contributed by atoms with Crippen LogP contribution in [0.15, 0.2) is 36.9 Å². The lowest BCUT2D eigenvalue weighted by Gasteiger charge is -2.11. The van der Waals surface area contributed by atoms with Crippen LogP contribution in [-0.2, 0) is 4.79 Å². The van der Waals surface area contributed by atoms with Crippen molar-refractivity contribution in [2.24, 2.45) is 5.92 Å². The molecule has 2 aromatic rings. The largest absolute Gasteiger partial charge is 0.324 e. The molecule has 0 saturated heterocycles. The lowest BCUT2D eigenvalue weighted by atomic mass is 10.1. The van der Waals surface area contributed by atoms with Crippen molar-refractivity contribution in [1.82, 2.24) is 14.8 Å². The van der Waals surface area contributed by atoms with E-state index in [0.29, 0.717) is 12.3 Å². The van der Waals surface area contributed by atoms with E-state index in [-0.39, 0.29) is 5.91 Å². The molecule has 0 fully saturated rings. The second-order valence-corrected chi connectivity index (χ2v) is 4.84. The Morgan fingerprint density at radius 1 is 1.37 bits per heavy atom. The van der Waals surface area contributed by atoms with Crippen LogP contribution in [0.5, 0.6) is 0 Å². The molecule has 1 aromatic heterocycles. The molecule has 0 radical (unpaired) electrons. The summed E-state index contributed by atoms with van der Waals surface area (Å²) in [5.41, 5.74) is 1.57. The van der Waals surface area contributed by atoms with Gasteiger partial charge in [-0.25, -0.2) is 9.67 Å². The first-order chi connectivity index (χ1) is 9.16. The zero-order valence-corrected chi connectivity index (χ0v) is 11.2. The van der Waals surface area contributed by atoms with Crippen molar-refractivity contribution in [3.63, 3.8) is 0 Å². The molecule has 5 heteroatoms. The number of benzene rings is 1. The maximum Gasteiger partial charge on any atom is 0.224 e. The van der Waals surface area contributed by atoms with Gasteiger partial charge in [-0.05, 0) is 24.5 Å².